The second-order valence-corrected chi connectivity index (χ2v) is 3.90. The van der Waals surface area contributed by atoms with Crippen LogP contribution in [0.25, 0.3) is 0 Å². The lowest BCUT2D eigenvalue weighted by Gasteiger charge is -2.01. The van der Waals surface area contributed by atoms with Crippen molar-refractivity contribution in [2.75, 3.05) is 0 Å². The highest BCUT2D eigenvalue weighted by atomic mass is 79.9. The smallest absolute Gasteiger partial charge is 0.0470 e. The Hall–Kier alpha value is -1.02. The van der Waals surface area contributed by atoms with Crippen LogP contribution < -0.4 is 0 Å². The van der Waals surface area contributed by atoms with Gasteiger partial charge in [-0.1, -0.05) is 30.3 Å². The van der Waals surface area contributed by atoms with Crippen LogP contribution in [0, 0.1) is 0 Å². The molecular weight excluding hydrogens is 226 g/mol. The summed E-state index contributed by atoms with van der Waals surface area (Å²) in [6.07, 6.45) is 4.14. The van der Waals surface area contributed by atoms with Crippen molar-refractivity contribution in [3.63, 3.8) is 0 Å². The largest absolute Gasteiger partial charge is 0.349 e. The number of hydrogen-bond acceptors (Lipinski definition) is 0. The quantitative estimate of drug-likeness (QED) is 0.753. The van der Waals surface area contributed by atoms with E-state index in [1.165, 1.54) is 5.56 Å². The molecule has 0 saturated heterocycles. The molecule has 0 unspecified atom stereocenters. The maximum absolute atomic E-state index is 3.42. The molecule has 1 nitrogen and oxygen atoms in total. The van der Waals surface area contributed by atoms with Gasteiger partial charge in [-0.2, -0.15) is 0 Å². The molecule has 2 heteroatoms. The minimum absolute atomic E-state index is 0.937. The average molecular weight is 236 g/mol. The molecule has 2 rings (SSSR count). The van der Waals surface area contributed by atoms with E-state index in [1.807, 2.05) is 12.1 Å². The lowest BCUT2D eigenvalue weighted by atomic mass is 10.2. The minimum atomic E-state index is 0.937. The Morgan fingerprint density at radius 2 is 1.85 bits per heavy atom. The van der Waals surface area contributed by atoms with E-state index in [2.05, 4.69) is 57.2 Å². The topological polar surface area (TPSA) is 4.93 Å². The monoisotopic (exact) mass is 235 g/mol. The average Bonchev–Trinajstić information content (AvgIpc) is 2.53. The molecule has 2 aromatic rings. The highest BCUT2D eigenvalue weighted by Gasteiger charge is 1.94. The molecule has 1 aromatic carbocycles. The summed E-state index contributed by atoms with van der Waals surface area (Å²) < 4.78 is 3.28. The first-order chi connectivity index (χ1) is 6.34. The van der Waals surface area contributed by atoms with Gasteiger partial charge in [0.05, 0.1) is 0 Å². The van der Waals surface area contributed by atoms with E-state index in [4.69, 9.17) is 0 Å². The van der Waals surface area contributed by atoms with E-state index in [1.54, 1.807) is 0 Å². The van der Waals surface area contributed by atoms with Crippen molar-refractivity contribution >= 4 is 15.9 Å². The molecule has 13 heavy (non-hydrogen) atoms. The fourth-order valence-corrected chi connectivity index (χ4v) is 1.69. The normalized spacial score (nSPS) is 10.2. The predicted molar refractivity (Wildman–Crippen MR) is 57.7 cm³/mol. The van der Waals surface area contributed by atoms with Gasteiger partial charge in [0.25, 0.3) is 0 Å². The Morgan fingerprint density at radius 1 is 1.08 bits per heavy atom. The number of nitrogens with zero attached hydrogens (tertiary/aromatic N) is 1. The lowest BCUT2D eigenvalue weighted by Crippen LogP contribution is -1.94. The van der Waals surface area contributed by atoms with Crippen LogP contribution in [0.1, 0.15) is 5.56 Å². The summed E-state index contributed by atoms with van der Waals surface area (Å²) in [5.74, 6) is 0. The first kappa shape index (κ1) is 8.57. The second kappa shape index (κ2) is 3.79. The molecule has 0 saturated carbocycles. The molecule has 1 aromatic heterocycles. The standard InChI is InChI=1S/C11H10BrN/c12-11-6-7-13(9-11)8-10-4-2-1-3-5-10/h1-7,9H,8H2. The third kappa shape index (κ3) is 2.22. The third-order valence-electron chi connectivity index (χ3n) is 1.92. The van der Waals surface area contributed by atoms with Gasteiger partial charge in [-0.15, -0.1) is 0 Å². The zero-order chi connectivity index (χ0) is 9.10. The van der Waals surface area contributed by atoms with Gasteiger partial charge < -0.3 is 4.57 Å². The maximum Gasteiger partial charge on any atom is 0.0470 e. The van der Waals surface area contributed by atoms with Crippen molar-refractivity contribution in [3.05, 3.63) is 58.8 Å². The van der Waals surface area contributed by atoms with Crippen molar-refractivity contribution in [1.82, 2.24) is 4.57 Å². The molecule has 0 aliphatic heterocycles. The van der Waals surface area contributed by atoms with Gasteiger partial charge in [-0.05, 0) is 27.6 Å². The molecule has 0 amide bonds. The summed E-state index contributed by atoms with van der Waals surface area (Å²) in [6, 6.07) is 12.5. The van der Waals surface area contributed by atoms with Crippen LogP contribution in [-0.4, -0.2) is 4.57 Å². The van der Waals surface area contributed by atoms with Crippen LogP contribution >= 0.6 is 15.9 Å². The van der Waals surface area contributed by atoms with E-state index in [-0.39, 0.29) is 0 Å². The Bertz CT molecular complexity index is 378. The molecule has 0 bridgehead atoms. The fourth-order valence-electron chi connectivity index (χ4n) is 1.30. The van der Waals surface area contributed by atoms with E-state index < -0.39 is 0 Å². The number of aromatic nitrogens is 1. The van der Waals surface area contributed by atoms with Crippen LogP contribution in [0.5, 0.6) is 0 Å². The van der Waals surface area contributed by atoms with Crippen molar-refractivity contribution < 1.29 is 0 Å². The lowest BCUT2D eigenvalue weighted by molar-refractivity contribution is 0.805. The summed E-state index contributed by atoms with van der Waals surface area (Å²) >= 11 is 3.42. The second-order valence-electron chi connectivity index (χ2n) is 2.99. The van der Waals surface area contributed by atoms with Gasteiger partial charge in [0.15, 0.2) is 0 Å². The first-order valence-electron chi connectivity index (χ1n) is 4.20. The molecular formula is C11H10BrN. The molecule has 0 radical (unpaired) electrons. The molecule has 0 N–H and O–H groups in total. The molecule has 0 aliphatic carbocycles. The van der Waals surface area contributed by atoms with Gasteiger partial charge in [-0.3, -0.25) is 0 Å². The van der Waals surface area contributed by atoms with Crippen LogP contribution in [0.15, 0.2) is 53.3 Å². The number of halogens is 1. The van der Waals surface area contributed by atoms with E-state index in [0.29, 0.717) is 0 Å². The summed E-state index contributed by atoms with van der Waals surface area (Å²) in [6.45, 7) is 0.937. The highest BCUT2D eigenvalue weighted by Crippen LogP contribution is 2.10. The molecule has 0 spiro atoms. The molecule has 0 fully saturated rings. The van der Waals surface area contributed by atoms with Crippen molar-refractivity contribution in [3.8, 4) is 0 Å². The van der Waals surface area contributed by atoms with Crippen LogP contribution in [0.4, 0.5) is 0 Å². The molecule has 0 aliphatic rings. The minimum Gasteiger partial charge on any atom is -0.349 e. The summed E-state index contributed by atoms with van der Waals surface area (Å²) in [5, 5.41) is 0. The number of rotatable bonds is 2. The third-order valence-corrected chi connectivity index (χ3v) is 2.39. The van der Waals surface area contributed by atoms with E-state index >= 15 is 0 Å². The Balaban J connectivity index is 2.15. The fraction of sp³-hybridized carbons (Fsp3) is 0.0909. The first-order valence-corrected chi connectivity index (χ1v) is 4.99. The Morgan fingerprint density at radius 3 is 2.46 bits per heavy atom. The molecule has 0 atom stereocenters. The van der Waals surface area contributed by atoms with Gasteiger partial charge in [0.1, 0.15) is 0 Å². The van der Waals surface area contributed by atoms with Crippen LogP contribution in [0.3, 0.4) is 0 Å². The van der Waals surface area contributed by atoms with Gasteiger partial charge in [-0.25, -0.2) is 0 Å². The van der Waals surface area contributed by atoms with Crippen molar-refractivity contribution in [1.29, 1.82) is 0 Å². The summed E-state index contributed by atoms with van der Waals surface area (Å²) in [5.41, 5.74) is 1.32. The predicted octanol–water partition coefficient (Wildman–Crippen LogP) is 3.30. The maximum atomic E-state index is 3.42. The van der Waals surface area contributed by atoms with Gasteiger partial charge in [0, 0.05) is 23.4 Å². The Labute approximate surface area is 86.1 Å². The van der Waals surface area contributed by atoms with E-state index in [0.717, 1.165) is 11.0 Å². The van der Waals surface area contributed by atoms with Crippen LogP contribution in [0.2, 0.25) is 0 Å². The zero-order valence-electron chi connectivity index (χ0n) is 7.15. The van der Waals surface area contributed by atoms with Gasteiger partial charge >= 0.3 is 0 Å². The summed E-state index contributed by atoms with van der Waals surface area (Å²) in [7, 11) is 0. The SMILES string of the molecule is Brc1ccn(Cc2ccccc2)c1. The molecule has 66 valence electrons. The zero-order valence-corrected chi connectivity index (χ0v) is 8.74. The Kier molecular flexibility index (Phi) is 2.50. The van der Waals surface area contributed by atoms with Gasteiger partial charge in [0.2, 0.25) is 0 Å². The van der Waals surface area contributed by atoms with Crippen molar-refractivity contribution in [2.45, 2.75) is 6.54 Å². The molecule has 1 heterocycles. The van der Waals surface area contributed by atoms with E-state index in [9.17, 15) is 0 Å². The number of hydrogen-bond donors (Lipinski definition) is 0. The van der Waals surface area contributed by atoms with Crippen molar-refractivity contribution in [2.24, 2.45) is 0 Å². The summed E-state index contributed by atoms with van der Waals surface area (Å²) in [4.78, 5) is 0. The highest BCUT2D eigenvalue weighted by molar-refractivity contribution is 9.10. The number of benzene rings is 1. The van der Waals surface area contributed by atoms with Crippen LogP contribution in [-0.2, 0) is 6.54 Å².